The first-order valence-electron chi connectivity index (χ1n) is 5.24. The third-order valence-electron chi connectivity index (χ3n) is 2.31. The van der Waals surface area contributed by atoms with E-state index < -0.39 is 0 Å². The van der Waals surface area contributed by atoms with Crippen LogP contribution in [0.4, 0.5) is 10.8 Å². The molecule has 0 bridgehead atoms. The van der Waals surface area contributed by atoms with Crippen LogP contribution in [0.15, 0.2) is 34.2 Å². The van der Waals surface area contributed by atoms with Gasteiger partial charge in [0.25, 0.3) is 0 Å². The Morgan fingerprint density at radius 2 is 2.24 bits per heavy atom. The third-order valence-corrected chi connectivity index (χ3v) is 3.78. The average molecular weight is 313 g/mol. The highest BCUT2D eigenvalue weighted by atomic mass is 79.9. The van der Waals surface area contributed by atoms with Gasteiger partial charge in [0.1, 0.15) is 4.60 Å². The minimum Gasteiger partial charge on any atom is -0.384 e. The molecule has 0 radical (unpaired) electrons. The first-order chi connectivity index (χ1) is 8.29. The van der Waals surface area contributed by atoms with Crippen LogP contribution in [0.25, 0.3) is 0 Å². The molecular weight excluding hydrogens is 300 g/mol. The summed E-state index contributed by atoms with van der Waals surface area (Å²) in [5.41, 5.74) is 2.33. The molecule has 1 aromatic heterocycles. The Labute approximate surface area is 113 Å². The smallest absolute Gasteiger partial charge is 0.188 e. The topological polar surface area (TPSA) is 34.1 Å². The molecule has 2 aromatic rings. The predicted octanol–water partition coefficient (Wildman–Crippen LogP) is 3.84. The average Bonchev–Trinajstić information content (AvgIpc) is 2.74. The Bertz CT molecular complexity index is 487. The molecule has 0 aliphatic rings. The second kappa shape index (κ2) is 6.14. The van der Waals surface area contributed by atoms with Crippen molar-refractivity contribution >= 4 is 38.1 Å². The number of halogens is 1. The molecule has 1 aromatic carbocycles. The first-order valence-corrected chi connectivity index (χ1v) is 6.92. The molecule has 0 atom stereocenters. The zero-order chi connectivity index (χ0) is 12.1. The summed E-state index contributed by atoms with van der Waals surface area (Å²) in [5.74, 6) is 0. The highest BCUT2D eigenvalue weighted by molar-refractivity contribution is 9.10. The van der Waals surface area contributed by atoms with E-state index in [4.69, 9.17) is 4.74 Å². The van der Waals surface area contributed by atoms with Crippen LogP contribution in [0.5, 0.6) is 0 Å². The number of hydrogen-bond donors (Lipinski definition) is 1. The van der Waals surface area contributed by atoms with Gasteiger partial charge in [-0.05, 0) is 34.0 Å². The van der Waals surface area contributed by atoms with Gasteiger partial charge in [0.05, 0.1) is 6.61 Å². The van der Waals surface area contributed by atoms with E-state index in [9.17, 15) is 0 Å². The van der Waals surface area contributed by atoms with Crippen LogP contribution in [-0.4, -0.2) is 18.7 Å². The van der Waals surface area contributed by atoms with Crippen LogP contribution in [0.1, 0.15) is 5.56 Å². The number of benzene rings is 1. The van der Waals surface area contributed by atoms with Crippen LogP contribution in [-0.2, 0) is 11.2 Å². The van der Waals surface area contributed by atoms with Crippen molar-refractivity contribution in [2.45, 2.75) is 6.42 Å². The van der Waals surface area contributed by atoms with Gasteiger partial charge in [-0.1, -0.05) is 18.2 Å². The van der Waals surface area contributed by atoms with E-state index in [1.165, 1.54) is 5.56 Å². The van der Waals surface area contributed by atoms with E-state index in [1.54, 1.807) is 18.4 Å². The van der Waals surface area contributed by atoms with E-state index in [0.717, 1.165) is 28.4 Å². The maximum Gasteiger partial charge on any atom is 0.188 e. The summed E-state index contributed by atoms with van der Waals surface area (Å²) >= 11 is 4.92. The highest BCUT2D eigenvalue weighted by Crippen LogP contribution is 2.25. The van der Waals surface area contributed by atoms with Gasteiger partial charge >= 0.3 is 0 Å². The zero-order valence-corrected chi connectivity index (χ0v) is 11.8. The Morgan fingerprint density at radius 3 is 2.94 bits per heavy atom. The summed E-state index contributed by atoms with van der Waals surface area (Å²) in [6.07, 6.45) is 0.895. The van der Waals surface area contributed by atoms with E-state index in [2.05, 4.69) is 38.4 Å². The molecule has 0 amide bonds. The molecule has 1 N–H and O–H groups in total. The first kappa shape index (κ1) is 12.5. The minimum absolute atomic E-state index is 0.722. The SMILES string of the molecule is COCCc1ccccc1Nc1nc(Br)cs1. The second-order valence-corrected chi connectivity index (χ2v) is 5.17. The van der Waals surface area contributed by atoms with Crippen molar-refractivity contribution in [1.29, 1.82) is 0 Å². The maximum atomic E-state index is 5.11. The van der Waals surface area contributed by atoms with Crippen LogP contribution in [0.3, 0.4) is 0 Å². The van der Waals surface area contributed by atoms with Gasteiger partial charge in [0.2, 0.25) is 0 Å². The summed E-state index contributed by atoms with van der Waals surface area (Å²) in [7, 11) is 1.72. The van der Waals surface area contributed by atoms with Gasteiger partial charge in [0, 0.05) is 18.2 Å². The number of methoxy groups -OCH3 is 1. The number of nitrogens with one attached hydrogen (secondary N) is 1. The Balaban J connectivity index is 2.14. The monoisotopic (exact) mass is 312 g/mol. The van der Waals surface area contributed by atoms with Crippen LogP contribution < -0.4 is 5.32 Å². The van der Waals surface area contributed by atoms with Crippen molar-refractivity contribution in [3.63, 3.8) is 0 Å². The standard InChI is InChI=1S/C12H13BrN2OS/c1-16-7-6-9-4-2-3-5-10(9)14-12-15-11(13)8-17-12/h2-5,8H,6-7H2,1H3,(H,14,15). The fraction of sp³-hybridized carbons (Fsp3) is 0.250. The molecule has 0 saturated heterocycles. The van der Waals surface area contributed by atoms with Crippen molar-refractivity contribution in [2.75, 3.05) is 19.0 Å². The molecule has 90 valence electrons. The molecule has 1 heterocycles. The van der Waals surface area contributed by atoms with Crippen LogP contribution >= 0.6 is 27.3 Å². The fourth-order valence-electron chi connectivity index (χ4n) is 1.50. The number of rotatable bonds is 5. The van der Waals surface area contributed by atoms with Crippen LogP contribution in [0.2, 0.25) is 0 Å². The number of para-hydroxylation sites is 1. The minimum atomic E-state index is 0.722. The number of nitrogens with zero attached hydrogens (tertiary/aromatic N) is 1. The van der Waals surface area contributed by atoms with Gasteiger partial charge < -0.3 is 10.1 Å². The quantitative estimate of drug-likeness (QED) is 0.911. The summed E-state index contributed by atoms with van der Waals surface area (Å²) in [6, 6.07) is 8.21. The molecule has 0 aliphatic carbocycles. The van der Waals surface area contributed by atoms with Gasteiger partial charge in [0.15, 0.2) is 5.13 Å². The van der Waals surface area contributed by atoms with Gasteiger partial charge in [-0.25, -0.2) is 4.98 Å². The molecule has 2 rings (SSSR count). The van der Waals surface area contributed by atoms with E-state index in [0.29, 0.717) is 0 Å². The summed E-state index contributed by atoms with van der Waals surface area (Å²) in [6.45, 7) is 0.722. The van der Waals surface area contributed by atoms with Crippen molar-refractivity contribution in [3.8, 4) is 0 Å². The number of aromatic nitrogens is 1. The third kappa shape index (κ3) is 3.52. The van der Waals surface area contributed by atoms with Gasteiger partial charge in [-0.3, -0.25) is 0 Å². The molecule has 0 fully saturated rings. The Kier molecular flexibility index (Phi) is 4.53. The summed E-state index contributed by atoms with van der Waals surface area (Å²) in [4.78, 5) is 4.32. The number of hydrogen-bond acceptors (Lipinski definition) is 4. The highest BCUT2D eigenvalue weighted by Gasteiger charge is 2.04. The van der Waals surface area contributed by atoms with Crippen molar-refractivity contribution < 1.29 is 4.74 Å². The molecule has 5 heteroatoms. The lowest BCUT2D eigenvalue weighted by Gasteiger charge is -2.09. The number of thiazole rings is 1. The van der Waals surface area contributed by atoms with Gasteiger partial charge in [-0.2, -0.15) is 0 Å². The Hall–Kier alpha value is -0.910. The largest absolute Gasteiger partial charge is 0.384 e. The molecule has 0 spiro atoms. The van der Waals surface area contributed by atoms with Crippen molar-refractivity contribution in [2.24, 2.45) is 0 Å². The maximum absolute atomic E-state index is 5.11. The lowest BCUT2D eigenvalue weighted by molar-refractivity contribution is 0.202. The normalized spacial score (nSPS) is 10.5. The molecule has 0 unspecified atom stereocenters. The molecule has 0 aliphatic heterocycles. The molecule has 0 saturated carbocycles. The predicted molar refractivity (Wildman–Crippen MR) is 75.1 cm³/mol. The molecular formula is C12H13BrN2OS. The lowest BCUT2D eigenvalue weighted by Crippen LogP contribution is -1.99. The zero-order valence-electron chi connectivity index (χ0n) is 9.44. The Morgan fingerprint density at radius 1 is 1.41 bits per heavy atom. The van der Waals surface area contributed by atoms with Crippen molar-refractivity contribution in [1.82, 2.24) is 4.98 Å². The van der Waals surface area contributed by atoms with Crippen LogP contribution in [0, 0.1) is 0 Å². The van der Waals surface area contributed by atoms with Gasteiger partial charge in [-0.15, -0.1) is 11.3 Å². The fourth-order valence-corrected chi connectivity index (χ4v) is 2.66. The van der Waals surface area contributed by atoms with Crippen molar-refractivity contribution in [3.05, 3.63) is 39.8 Å². The molecule has 3 nitrogen and oxygen atoms in total. The second-order valence-electron chi connectivity index (χ2n) is 3.50. The number of ether oxygens (including phenoxy) is 1. The summed E-state index contributed by atoms with van der Waals surface area (Å²) < 4.78 is 5.97. The number of anilines is 2. The molecule has 17 heavy (non-hydrogen) atoms. The lowest BCUT2D eigenvalue weighted by atomic mass is 10.1. The van der Waals surface area contributed by atoms with E-state index in [1.807, 2.05) is 17.5 Å². The van der Waals surface area contributed by atoms with E-state index in [-0.39, 0.29) is 0 Å². The summed E-state index contributed by atoms with van der Waals surface area (Å²) in [5, 5.41) is 6.17. The van der Waals surface area contributed by atoms with E-state index >= 15 is 0 Å².